The standard InChI is InChI=1S/C17H17NO2/c1-13-8-6-7-11-16(13)20-12-14(2)17(19)18-15-9-4-3-5-10-15/h3-12H,1-2H3,(H,18,19). The first-order chi connectivity index (χ1) is 9.66. The van der Waals surface area contributed by atoms with Gasteiger partial charge < -0.3 is 10.1 Å². The van der Waals surface area contributed by atoms with E-state index in [1.54, 1.807) is 6.92 Å². The van der Waals surface area contributed by atoms with Crippen LogP contribution in [0.5, 0.6) is 5.75 Å². The minimum Gasteiger partial charge on any atom is -0.464 e. The van der Waals surface area contributed by atoms with Crippen LogP contribution in [-0.4, -0.2) is 5.91 Å². The molecule has 0 unspecified atom stereocenters. The van der Waals surface area contributed by atoms with Gasteiger partial charge in [0.05, 0.1) is 6.26 Å². The van der Waals surface area contributed by atoms with E-state index < -0.39 is 0 Å². The highest BCUT2D eigenvalue weighted by Gasteiger charge is 2.05. The summed E-state index contributed by atoms with van der Waals surface area (Å²) < 4.78 is 5.53. The fourth-order valence-corrected chi connectivity index (χ4v) is 1.65. The summed E-state index contributed by atoms with van der Waals surface area (Å²) in [4.78, 5) is 12.0. The Morgan fingerprint density at radius 3 is 2.40 bits per heavy atom. The highest BCUT2D eigenvalue weighted by molar-refractivity contribution is 6.03. The summed E-state index contributed by atoms with van der Waals surface area (Å²) >= 11 is 0. The Hall–Kier alpha value is -2.55. The van der Waals surface area contributed by atoms with E-state index >= 15 is 0 Å². The minimum absolute atomic E-state index is 0.176. The second-order valence-corrected chi connectivity index (χ2v) is 4.50. The number of para-hydroxylation sites is 2. The third-order valence-corrected chi connectivity index (χ3v) is 2.85. The zero-order valence-electron chi connectivity index (χ0n) is 11.6. The van der Waals surface area contributed by atoms with E-state index in [1.165, 1.54) is 6.26 Å². The lowest BCUT2D eigenvalue weighted by Gasteiger charge is -2.07. The first kappa shape index (κ1) is 13.9. The maximum atomic E-state index is 12.0. The predicted molar refractivity (Wildman–Crippen MR) is 80.6 cm³/mol. The van der Waals surface area contributed by atoms with Gasteiger partial charge in [-0.3, -0.25) is 4.79 Å². The van der Waals surface area contributed by atoms with E-state index in [0.29, 0.717) is 5.57 Å². The van der Waals surface area contributed by atoms with Gasteiger partial charge in [-0.15, -0.1) is 0 Å². The highest BCUT2D eigenvalue weighted by atomic mass is 16.5. The van der Waals surface area contributed by atoms with Crippen LogP contribution in [0.15, 0.2) is 66.4 Å². The van der Waals surface area contributed by atoms with Crippen LogP contribution in [0.2, 0.25) is 0 Å². The molecule has 3 heteroatoms. The molecule has 0 fully saturated rings. The molecule has 0 bridgehead atoms. The molecule has 0 atom stereocenters. The van der Waals surface area contributed by atoms with E-state index in [4.69, 9.17) is 4.74 Å². The van der Waals surface area contributed by atoms with Crippen molar-refractivity contribution in [2.75, 3.05) is 5.32 Å². The SMILES string of the molecule is CC(=COc1ccccc1C)C(=O)Nc1ccccc1. The van der Waals surface area contributed by atoms with Gasteiger partial charge in [-0.05, 0) is 37.6 Å². The van der Waals surface area contributed by atoms with Crippen LogP contribution < -0.4 is 10.1 Å². The minimum atomic E-state index is -0.176. The largest absolute Gasteiger partial charge is 0.464 e. The van der Waals surface area contributed by atoms with Crippen molar-refractivity contribution >= 4 is 11.6 Å². The van der Waals surface area contributed by atoms with Crippen molar-refractivity contribution in [3.63, 3.8) is 0 Å². The molecule has 2 aromatic carbocycles. The van der Waals surface area contributed by atoms with Gasteiger partial charge >= 0.3 is 0 Å². The van der Waals surface area contributed by atoms with Gasteiger partial charge in [0, 0.05) is 11.3 Å². The molecule has 0 radical (unpaired) electrons. The summed E-state index contributed by atoms with van der Waals surface area (Å²) in [5, 5.41) is 2.81. The van der Waals surface area contributed by atoms with Gasteiger partial charge in [-0.2, -0.15) is 0 Å². The third kappa shape index (κ3) is 3.72. The molecule has 0 aliphatic carbocycles. The summed E-state index contributed by atoms with van der Waals surface area (Å²) in [7, 11) is 0. The molecular weight excluding hydrogens is 250 g/mol. The quantitative estimate of drug-likeness (QED) is 0.673. The number of hydrogen-bond donors (Lipinski definition) is 1. The molecule has 20 heavy (non-hydrogen) atoms. The van der Waals surface area contributed by atoms with Crippen LogP contribution in [0.3, 0.4) is 0 Å². The van der Waals surface area contributed by atoms with Crippen molar-refractivity contribution in [2.24, 2.45) is 0 Å². The molecule has 0 saturated heterocycles. The molecule has 3 nitrogen and oxygen atoms in total. The average molecular weight is 267 g/mol. The van der Waals surface area contributed by atoms with Crippen molar-refractivity contribution < 1.29 is 9.53 Å². The van der Waals surface area contributed by atoms with E-state index in [1.807, 2.05) is 61.5 Å². The molecule has 0 saturated carbocycles. The molecule has 102 valence electrons. The number of carbonyl (C=O) groups is 1. The van der Waals surface area contributed by atoms with Crippen LogP contribution in [0.4, 0.5) is 5.69 Å². The van der Waals surface area contributed by atoms with E-state index in [9.17, 15) is 4.79 Å². The molecule has 0 spiro atoms. The number of amides is 1. The Kier molecular flexibility index (Phi) is 4.56. The van der Waals surface area contributed by atoms with Crippen molar-refractivity contribution in [3.05, 3.63) is 72.0 Å². The van der Waals surface area contributed by atoms with Crippen LogP contribution in [-0.2, 0) is 4.79 Å². The summed E-state index contributed by atoms with van der Waals surface area (Å²) in [6.07, 6.45) is 1.47. The van der Waals surface area contributed by atoms with Gasteiger partial charge in [0.25, 0.3) is 5.91 Å². The lowest BCUT2D eigenvalue weighted by molar-refractivity contribution is -0.112. The zero-order chi connectivity index (χ0) is 14.4. The highest BCUT2D eigenvalue weighted by Crippen LogP contribution is 2.17. The summed E-state index contributed by atoms with van der Waals surface area (Å²) in [5.41, 5.74) is 2.30. The third-order valence-electron chi connectivity index (χ3n) is 2.85. The van der Waals surface area contributed by atoms with Crippen molar-refractivity contribution in [1.29, 1.82) is 0 Å². The van der Waals surface area contributed by atoms with Gasteiger partial charge in [-0.1, -0.05) is 36.4 Å². The number of rotatable bonds is 4. The maximum absolute atomic E-state index is 12.0. The second kappa shape index (κ2) is 6.57. The number of hydrogen-bond acceptors (Lipinski definition) is 2. The fourth-order valence-electron chi connectivity index (χ4n) is 1.65. The molecule has 0 aromatic heterocycles. The molecule has 1 N–H and O–H groups in total. The topological polar surface area (TPSA) is 38.3 Å². The molecule has 2 rings (SSSR count). The van der Waals surface area contributed by atoms with E-state index in [2.05, 4.69) is 5.32 Å². The monoisotopic (exact) mass is 267 g/mol. The summed E-state index contributed by atoms with van der Waals surface area (Å²) in [6.45, 7) is 3.68. The summed E-state index contributed by atoms with van der Waals surface area (Å²) in [6, 6.07) is 17.0. The predicted octanol–water partition coefficient (Wildman–Crippen LogP) is 3.92. The Balaban J connectivity index is 2.00. The van der Waals surface area contributed by atoms with E-state index in [0.717, 1.165) is 17.0 Å². The maximum Gasteiger partial charge on any atom is 0.254 e. The molecular formula is C17H17NO2. The Morgan fingerprint density at radius 1 is 1.05 bits per heavy atom. The van der Waals surface area contributed by atoms with E-state index in [-0.39, 0.29) is 5.91 Å². The van der Waals surface area contributed by atoms with Gasteiger partial charge in [0.15, 0.2) is 0 Å². The van der Waals surface area contributed by atoms with Crippen molar-refractivity contribution in [1.82, 2.24) is 0 Å². The number of aryl methyl sites for hydroxylation is 1. The zero-order valence-corrected chi connectivity index (χ0v) is 11.6. The number of anilines is 1. The Bertz CT molecular complexity index is 618. The Labute approximate surface area is 118 Å². The first-order valence-corrected chi connectivity index (χ1v) is 6.42. The Morgan fingerprint density at radius 2 is 1.70 bits per heavy atom. The molecule has 0 heterocycles. The van der Waals surface area contributed by atoms with Crippen molar-refractivity contribution in [3.8, 4) is 5.75 Å². The smallest absolute Gasteiger partial charge is 0.254 e. The molecule has 0 aliphatic rings. The number of nitrogens with one attached hydrogen (secondary N) is 1. The van der Waals surface area contributed by atoms with Gasteiger partial charge in [0.1, 0.15) is 5.75 Å². The van der Waals surface area contributed by atoms with Crippen LogP contribution in [0.1, 0.15) is 12.5 Å². The second-order valence-electron chi connectivity index (χ2n) is 4.50. The fraction of sp³-hybridized carbons (Fsp3) is 0.118. The first-order valence-electron chi connectivity index (χ1n) is 6.42. The number of carbonyl (C=O) groups excluding carboxylic acids is 1. The normalized spacial score (nSPS) is 11.0. The lowest BCUT2D eigenvalue weighted by Crippen LogP contribution is -2.13. The summed E-state index contributed by atoms with van der Waals surface area (Å²) in [5.74, 6) is 0.573. The van der Waals surface area contributed by atoms with Gasteiger partial charge in [0.2, 0.25) is 0 Å². The number of ether oxygens (including phenoxy) is 1. The average Bonchev–Trinajstić information content (AvgIpc) is 2.47. The van der Waals surface area contributed by atoms with Crippen molar-refractivity contribution in [2.45, 2.75) is 13.8 Å². The molecule has 2 aromatic rings. The van der Waals surface area contributed by atoms with Crippen LogP contribution in [0.25, 0.3) is 0 Å². The van der Waals surface area contributed by atoms with Crippen LogP contribution >= 0.6 is 0 Å². The molecule has 1 amide bonds. The number of benzene rings is 2. The van der Waals surface area contributed by atoms with Gasteiger partial charge in [-0.25, -0.2) is 0 Å². The molecule has 0 aliphatic heterocycles. The lowest BCUT2D eigenvalue weighted by atomic mass is 10.2. The van der Waals surface area contributed by atoms with Crippen LogP contribution in [0, 0.1) is 6.92 Å².